The molecule has 2 atom stereocenters. The number of thiazole rings is 1. The van der Waals surface area contributed by atoms with Crippen LogP contribution in [-0.2, 0) is 27.6 Å². The highest BCUT2D eigenvalue weighted by atomic mass is 32.2. The van der Waals surface area contributed by atoms with Crippen molar-refractivity contribution in [2.75, 3.05) is 25.0 Å². The molecule has 2 aromatic rings. The maximum Gasteiger partial charge on any atom is 0.243 e. The standard InChI is InChI=1S/C21H27N3O4S2/c1-14-12-24(13-15(2)28-14)30(26,27)17-7-5-6-16(10-17)19(25)11-22-21-23-18-8-3-4-9-20(18)29-21/h5-7,10,14-15H,3-4,8-9,11-13H2,1-2H3,(H,22,23). The van der Waals surface area contributed by atoms with Crippen LogP contribution < -0.4 is 5.32 Å². The molecule has 1 fully saturated rings. The van der Waals surface area contributed by atoms with Crippen LogP contribution in [0.25, 0.3) is 0 Å². The van der Waals surface area contributed by atoms with Crippen molar-refractivity contribution in [3.05, 3.63) is 40.4 Å². The first-order chi connectivity index (χ1) is 14.3. The molecule has 2 unspecified atom stereocenters. The molecule has 1 N–H and O–H groups in total. The van der Waals surface area contributed by atoms with Gasteiger partial charge in [0, 0.05) is 23.5 Å². The number of ketones is 1. The van der Waals surface area contributed by atoms with Crippen molar-refractivity contribution in [1.82, 2.24) is 9.29 Å². The Morgan fingerprint density at radius 3 is 2.70 bits per heavy atom. The number of Topliss-reactive ketones (excluding diaryl/α,β-unsaturated/α-hetero) is 1. The summed E-state index contributed by atoms with van der Waals surface area (Å²) in [6, 6.07) is 6.28. The average Bonchev–Trinajstić information content (AvgIpc) is 3.14. The zero-order valence-corrected chi connectivity index (χ0v) is 18.9. The van der Waals surface area contributed by atoms with E-state index in [-0.39, 0.29) is 29.4 Å². The molecule has 0 spiro atoms. The number of anilines is 1. The number of benzene rings is 1. The molecular formula is C21H27N3O4S2. The van der Waals surface area contributed by atoms with Gasteiger partial charge in [-0.05, 0) is 51.7 Å². The minimum absolute atomic E-state index is 0.0848. The number of fused-ring (bicyclic) bond motifs is 1. The van der Waals surface area contributed by atoms with E-state index in [1.807, 2.05) is 13.8 Å². The Labute approximate surface area is 181 Å². The van der Waals surface area contributed by atoms with Crippen molar-refractivity contribution >= 4 is 32.3 Å². The lowest BCUT2D eigenvalue weighted by Crippen LogP contribution is -2.48. The minimum Gasteiger partial charge on any atom is -0.373 e. The van der Waals surface area contributed by atoms with Crippen molar-refractivity contribution < 1.29 is 17.9 Å². The summed E-state index contributed by atoms with van der Waals surface area (Å²) in [5, 5.41) is 3.87. The van der Waals surface area contributed by atoms with E-state index in [2.05, 4.69) is 10.3 Å². The summed E-state index contributed by atoms with van der Waals surface area (Å²) < 4.78 is 33.2. The Morgan fingerprint density at radius 1 is 1.23 bits per heavy atom. The van der Waals surface area contributed by atoms with Gasteiger partial charge < -0.3 is 10.1 Å². The highest BCUT2D eigenvalue weighted by Crippen LogP contribution is 2.29. The largest absolute Gasteiger partial charge is 0.373 e. The molecule has 0 bridgehead atoms. The summed E-state index contributed by atoms with van der Waals surface area (Å²) in [6.07, 6.45) is 4.08. The smallest absolute Gasteiger partial charge is 0.243 e. The second-order valence-electron chi connectivity index (χ2n) is 7.98. The molecule has 1 aliphatic heterocycles. The number of hydrogen-bond acceptors (Lipinski definition) is 7. The van der Waals surface area contributed by atoms with Gasteiger partial charge in [0.15, 0.2) is 10.9 Å². The maximum absolute atomic E-state index is 13.1. The van der Waals surface area contributed by atoms with Crippen LogP contribution in [-0.4, -0.2) is 55.3 Å². The van der Waals surface area contributed by atoms with Crippen LogP contribution >= 0.6 is 11.3 Å². The fourth-order valence-corrected chi connectivity index (χ4v) is 6.67. The van der Waals surface area contributed by atoms with E-state index < -0.39 is 10.0 Å². The van der Waals surface area contributed by atoms with Gasteiger partial charge in [-0.2, -0.15) is 4.31 Å². The molecule has 9 heteroatoms. The predicted octanol–water partition coefficient (Wildman–Crippen LogP) is 3.11. The molecule has 1 aliphatic carbocycles. The van der Waals surface area contributed by atoms with Crippen LogP contribution in [0.15, 0.2) is 29.2 Å². The quantitative estimate of drug-likeness (QED) is 0.682. The monoisotopic (exact) mass is 449 g/mol. The molecule has 0 radical (unpaired) electrons. The number of carbonyl (C=O) groups excluding carboxylic acids is 1. The van der Waals surface area contributed by atoms with Gasteiger partial charge in [-0.3, -0.25) is 4.79 Å². The van der Waals surface area contributed by atoms with Crippen molar-refractivity contribution in [1.29, 1.82) is 0 Å². The highest BCUT2D eigenvalue weighted by molar-refractivity contribution is 7.89. The molecule has 2 aliphatic rings. The van der Waals surface area contributed by atoms with E-state index in [9.17, 15) is 13.2 Å². The number of aromatic nitrogens is 1. The summed E-state index contributed by atoms with van der Waals surface area (Å²) in [4.78, 5) is 18.7. The van der Waals surface area contributed by atoms with Crippen LogP contribution in [0.1, 0.15) is 47.6 Å². The molecule has 162 valence electrons. The maximum atomic E-state index is 13.1. The number of nitrogens with one attached hydrogen (secondary N) is 1. The van der Waals surface area contributed by atoms with E-state index in [1.165, 1.54) is 21.7 Å². The highest BCUT2D eigenvalue weighted by Gasteiger charge is 2.32. The number of aryl methyl sites for hydroxylation is 2. The van der Waals surface area contributed by atoms with Gasteiger partial charge in [0.2, 0.25) is 10.0 Å². The van der Waals surface area contributed by atoms with E-state index in [0.29, 0.717) is 18.7 Å². The lowest BCUT2D eigenvalue weighted by molar-refractivity contribution is -0.0440. The van der Waals surface area contributed by atoms with Gasteiger partial charge in [0.25, 0.3) is 0 Å². The van der Waals surface area contributed by atoms with E-state index >= 15 is 0 Å². The normalized spacial score (nSPS) is 22.5. The number of sulfonamides is 1. The molecule has 1 aromatic carbocycles. The molecule has 2 heterocycles. The third-order valence-corrected chi connectivity index (χ3v) is 8.37. The first-order valence-corrected chi connectivity index (χ1v) is 12.6. The van der Waals surface area contributed by atoms with Crippen LogP contribution in [0, 0.1) is 0 Å². The van der Waals surface area contributed by atoms with Crippen LogP contribution in [0.4, 0.5) is 5.13 Å². The number of hydrogen-bond donors (Lipinski definition) is 1. The topological polar surface area (TPSA) is 88.6 Å². The molecule has 1 saturated heterocycles. The van der Waals surface area contributed by atoms with Crippen LogP contribution in [0.3, 0.4) is 0 Å². The third-order valence-electron chi connectivity index (χ3n) is 5.43. The summed E-state index contributed by atoms with van der Waals surface area (Å²) >= 11 is 1.61. The molecule has 1 aromatic heterocycles. The van der Waals surface area contributed by atoms with E-state index in [0.717, 1.165) is 30.1 Å². The van der Waals surface area contributed by atoms with Crippen molar-refractivity contribution in [3.8, 4) is 0 Å². The Hall–Kier alpha value is -1.81. The van der Waals surface area contributed by atoms with Gasteiger partial charge in [-0.15, -0.1) is 11.3 Å². The summed E-state index contributed by atoms with van der Waals surface area (Å²) in [5.74, 6) is -0.163. The molecular weight excluding hydrogens is 422 g/mol. The summed E-state index contributed by atoms with van der Waals surface area (Å²) in [5.41, 5.74) is 1.52. The SMILES string of the molecule is CC1CN(S(=O)(=O)c2cccc(C(=O)CNc3nc4c(s3)CCCC4)c2)CC(C)O1. The van der Waals surface area contributed by atoms with Gasteiger partial charge in [-0.1, -0.05) is 12.1 Å². The number of rotatable bonds is 6. The molecule has 4 rings (SSSR count). The minimum atomic E-state index is -3.68. The fraction of sp³-hybridized carbons (Fsp3) is 0.524. The van der Waals surface area contributed by atoms with E-state index in [1.54, 1.807) is 29.5 Å². The van der Waals surface area contributed by atoms with Gasteiger partial charge in [-0.25, -0.2) is 13.4 Å². The number of carbonyl (C=O) groups is 1. The van der Waals surface area contributed by atoms with Crippen LogP contribution in [0.5, 0.6) is 0 Å². The lowest BCUT2D eigenvalue weighted by Gasteiger charge is -2.34. The van der Waals surface area contributed by atoms with E-state index in [4.69, 9.17) is 4.74 Å². The number of morpholine rings is 1. The zero-order valence-electron chi connectivity index (χ0n) is 17.3. The fourth-order valence-electron chi connectivity index (χ4n) is 3.99. The number of nitrogens with zero attached hydrogens (tertiary/aromatic N) is 2. The van der Waals surface area contributed by atoms with Crippen molar-refractivity contribution in [2.45, 2.75) is 56.6 Å². The molecule has 7 nitrogen and oxygen atoms in total. The van der Waals surface area contributed by atoms with Gasteiger partial charge in [0.1, 0.15) is 0 Å². The van der Waals surface area contributed by atoms with Gasteiger partial charge >= 0.3 is 0 Å². The first kappa shape index (κ1) is 21.4. The van der Waals surface area contributed by atoms with Crippen LogP contribution in [0.2, 0.25) is 0 Å². The second-order valence-corrected chi connectivity index (χ2v) is 11.0. The van der Waals surface area contributed by atoms with Crippen molar-refractivity contribution in [2.24, 2.45) is 0 Å². The average molecular weight is 450 g/mol. The molecule has 0 amide bonds. The summed E-state index contributed by atoms with van der Waals surface area (Å²) in [7, 11) is -3.68. The van der Waals surface area contributed by atoms with Crippen molar-refractivity contribution in [3.63, 3.8) is 0 Å². The summed E-state index contributed by atoms with van der Waals surface area (Å²) in [6.45, 7) is 4.42. The van der Waals surface area contributed by atoms with Gasteiger partial charge in [0.05, 0.1) is 29.3 Å². The Bertz CT molecular complexity index is 1000. The Kier molecular flexibility index (Phi) is 6.24. The Morgan fingerprint density at radius 2 is 1.97 bits per heavy atom. The zero-order chi connectivity index (χ0) is 21.3. The number of ether oxygens (including phenoxy) is 1. The first-order valence-electron chi connectivity index (χ1n) is 10.3. The third kappa shape index (κ3) is 4.59. The predicted molar refractivity (Wildman–Crippen MR) is 117 cm³/mol. The lowest BCUT2D eigenvalue weighted by atomic mass is 10.0. The second kappa shape index (κ2) is 8.74. The molecule has 0 saturated carbocycles. The molecule has 30 heavy (non-hydrogen) atoms. The Balaban J connectivity index is 1.45.